The van der Waals surface area contributed by atoms with Crippen molar-refractivity contribution >= 4 is 43.0 Å². The van der Waals surface area contributed by atoms with Crippen molar-refractivity contribution in [2.75, 3.05) is 27.1 Å². The molecule has 3 aromatic carbocycles. The van der Waals surface area contributed by atoms with Crippen LogP contribution in [0.4, 0.5) is 17.1 Å². The van der Waals surface area contributed by atoms with Gasteiger partial charge >= 0.3 is 0 Å². The van der Waals surface area contributed by atoms with Crippen molar-refractivity contribution in [2.45, 2.75) is 11.8 Å². The van der Waals surface area contributed by atoms with E-state index in [2.05, 4.69) is 10.0 Å². The fourth-order valence-electron chi connectivity index (χ4n) is 2.95. The van der Waals surface area contributed by atoms with Gasteiger partial charge in [-0.15, -0.1) is 0 Å². The van der Waals surface area contributed by atoms with Crippen molar-refractivity contribution in [1.82, 2.24) is 0 Å². The first kappa shape index (κ1) is 23.3. The molecule has 3 aromatic rings. The van der Waals surface area contributed by atoms with Gasteiger partial charge in [0.25, 0.3) is 10.0 Å². The van der Waals surface area contributed by atoms with Crippen molar-refractivity contribution in [3.63, 3.8) is 0 Å². The summed E-state index contributed by atoms with van der Waals surface area (Å²) in [4.78, 5) is 12.5. The second-order valence-corrected chi connectivity index (χ2v) is 10.7. The van der Waals surface area contributed by atoms with E-state index in [-0.39, 0.29) is 4.90 Å². The van der Waals surface area contributed by atoms with Crippen molar-refractivity contribution < 1.29 is 21.6 Å². The Morgan fingerprint density at radius 3 is 2.09 bits per heavy atom. The molecular weight excluding hydrogens is 450 g/mol. The molecule has 0 spiro atoms. The first-order chi connectivity index (χ1) is 15.0. The number of benzene rings is 3. The molecule has 10 heteroatoms. The van der Waals surface area contributed by atoms with Crippen LogP contribution in [0, 0.1) is 6.92 Å². The fraction of sp³-hybridized carbons (Fsp3) is 0.136. The molecule has 3 rings (SSSR count). The lowest BCUT2D eigenvalue weighted by atomic mass is 10.2. The minimum atomic E-state index is -3.79. The number of carbonyl (C=O) groups is 1. The van der Waals surface area contributed by atoms with E-state index in [9.17, 15) is 21.6 Å². The van der Waals surface area contributed by atoms with Gasteiger partial charge in [0.2, 0.25) is 15.9 Å². The number of hydrogen-bond acceptors (Lipinski definition) is 5. The van der Waals surface area contributed by atoms with E-state index in [1.807, 2.05) is 13.0 Å². The lowest BCUT2D eigenvalue weighted by Gasteiger charge is -2.22. The zero-order chi connectivity index (χ0) is 23.4. The third-order valence-corrected chi connectivity index (χ3v) is 6.99. The molecule has 32 heavy (non-hydrogen) atoms. The lowest BCUT2D eigenvalue weighted by Crippen LogP contribution is -2.37. The van der Waals surface area contributed by atoms with Crippen molar-refractivity contribution in [3.05, 3.63) is 84.4 Å². The molecule has 0 heterocycles. The number of rotatable bonds is 8. The normalized spacial score (nSPS) is 11.6. The van der Waals surface area contributed by atoms with Gasteiger partial charge in [-0.2, -0.15) is 0 Å². The molecule has 168 valence electrons. The van der Waals surface area contributed by atoms with Crippen LogP contribution in [0.15, 0.2) is 83.8 Å². The molecule has 0 aromatic heterocycles. The Morgan fingerprint density at radius 1 is 0.844 bits per heavy atom. The number of nitrogens with zero attached hydrogens (tertiary/aromatic N) is 1. The first-order valence-electron chi connectivity index (χ1n) is 9.57. The summed E-state index contributed by atoms with van der Waals surface area (Å²) >= 11 is 0. The van der Waals surface area contributed by atoms with Crippen LogP contribution in [0.3, 0.4) is 0 Å². The Labute approximate surface area is 188 Å². The number of hydrogen-bond donors (Lipinski definition) is 2. The monoisotopic (exact) mass is 473 g/mol. The average Bonchev–Trinajstić information content (AvgIpc) is 2.72. The number of sulfonamides is 2. The summed E-state index contributed by atoms with van der Waals surface area (Å²) < 4.78 is 52.9. The Balaban J connectivity index is 1.71. The molecule has 0 fully saturated rings. The maximum Gasteiger partial charge on any atom is 0.261 e. The maximum atomic E-state index is 12.5. The summed E-state index contributed by atoms with van der Waals surface area (Å²) in [7, 11) is -7.48. The van der Waals surface area contributed by atoms with E-state index in [4.69, 9.17) is 0 Å². The van der Waals surface area contributed by atoms with Gasteiger partial charge in [-0.3, -0.25) is 13.8 Å². The highest BCUT2D eigenvalue weighted by atomic mass is 32.2. The molecule has 0 aliphatic heterocycles. The molecule has 0 atom stereocenters. The first-order valence-corrected chi connectivity index (χ1v) is 12.9. The molecule has 0 saturated heterocycles. The van der Waals surface area contributed by atoms with Gasteiger partial charge < -0.3 is 5.32 Å². The average molecular weight is 474 g/mol. The SMILES string of the molecule is Cc1cccc(N(CC(=O)Nc2ccc(S(=O)(=O)Nc3ccccc3)cc2)S(C)(=O)=O)c1. The van der Waals surface area contributed by atoms with Gasteiger partial charge in [-0.25, -0.2) is 16.8 Å². The highest BCUT2D eigenvalue weighted by Gasteiger charge is 2.21. The van der Waals surface area contributed by atoms with Crippen LogP contribution in [0.5, 0.6) is 0 Å². The molecule has 0 aliphatic carbocycles. The van der Waals surface area contributed by atoms with Crippen LogP contribution in [-0.2, 0) is 24.8 Å². The van der Waals surface area contributed by atoms with E-state index >= 15 is 0 Å². The van der Waals surface area contributed by atoms with Gasteiger partial charge in [-0.1, -0.05) is 30.3 Å². The Hall–Kier alpha value is -3.37. The second kappa shape index (κ2) is 9.41. The predicted octanol–water partition coefficient (Wildman–Crippen LogP) is 3.20. The molecule has 0 radical (unpaired) electrons. The van der Waals surface area contributed by atoms with E-state index in [0.29, 0.717) is 17.1 Å². The van der Waals surface area contributed by atoms with Crippen molar-refractivity contribution in [3.8, 4) is 0 Å². The number of amides is 1. The van der Waals surface area contributed by atoms with Gasteiger partial charge in [0.1, 0.15) is 6.54 Å². The summed E-state index contributed by atoms with van der Waals surface area (Å²) in [6.45, 7) is 1.41. The van der Waals surface area contributed by atoms with Crippen LogP contribution in [0.25, 0.3) is 0 Å². The van der Waals surface area contributed by atoms with Crippen molar-refractivity contribution in [2.24, 2.45) is 0 Å². The van der Waals surface area contributed by atoms with Gasteiger partial charge in [0, 0.05) is 11.4 Å². The quantitative estimate of drug-likeness (QED) is 0.522. The van der Waals surface area contributed by atoms with Crippen molar-refractivity contribution in [1.29, 1.82) is 0 Å². The minimum absolute atomic E-state index is 0.0249. The van der Waals surface area contributed by atoms with Crippen LogP contribution in [0.2, 0.25) is 0 Å². The number of carbonyl (C=O) groups excluding carboxylic acids is 1. The Morgan fingerprint density at radius 2 is 1.50 bits per heavy atom. The van der Waals surface area contributed by atoms with Gasteiger partial charge in [0.05, 0.1) is 16.8 Å². The highest BCUT2D eigenvalue weighted by Crippen LogP contribution is 2.20. The molecule has 2 N–H and O–H groups in total. The number of anilines is 3. The summed E-state index contributed by atoms with van der Waals surface area (Å²) in [5, 5.41) is 2.60. The Bertz CT molecular complexity index is 1310. The lowest BCUT2D eigenvalue weighted by molar-refractivity contribution is -0.114. The second-order valence-electron chi connectivity index (χ2n) is 7.15. The molecule has 1 amide bonds. The molecule has 8 nitrogen and oxygen atoms in total. The molecular formula is C22H23N3O5S2. The number of para-hydroxylation sites is 1. The zero-order valence-electron chi connectivity index (χ0n) is 17.5. The van der Waals surface area contributed by atoms with Crippen LogP contribution >= 0.6 is 0 Å². The van der Waals surface area contributed by atoms with E-state index < -0.39 is 32.5 Å². The standard InChI is InChI=1S/C22H23N3O5S2/c1-17-7-6-10-20(15-17)25(31(2,27)28)16-22(26)23-18-11-13-21(14-12-18)32(29,30)24-19-8-4-3-5-9-19/h3-15,24H,16H2,1-2H3,(H,23,26). The third kappa shape index (κ3) is 6.08. The fourth-order valence-corrected chi connectivity index (χ4v) is 4.86. The summed E-state index contributed by atoms with van der Waals surface area (Å²) in [6.07, 6.45) is 1.03. The number of nitrogens with one attached hydrogen (secondary N) is 2. The molecule has 0 bridgehead atoms. The topological polar surface area (TPSA) is 113 Å². The van der Waals surface area contributed by atoms with E-state index in [1.54, 1.807) is 48.5 Å². The molecule has 0 aliphatic rings. The van der Waals surface area contributed by atoms with Crippen LogP contribution in [0.1, 0.15) is 5.56 Å². The summed E-state index contributed by atoms with van der Waals surface area (Å²) in [6, 6.07) is 20.9. The predicted molar refractivity (Wildman–Crippen MR) is 126 cm³/mol. The zero-order valence-corrected chi connectivity index (χ0v) is 19.2. The molecule has 0 unspecified atom stereocenters. The van der Waals surface area contributed by atoms with Gasteiger partial charge in [-0.05, 0) is 61.0 Å². The van der Waals surface area contributed by atoms with E-state index in [0.717, 1.165) is 16.1 Å². The summed E-state index contributed by atoms with van der Waals surface area (Å²) in [5.74, 6) is -0.560. The van der Waals surface area contributed by atoms with Crippen LogP contribution < -0.4 is 14.3 Å². The number of aryl methyl sites for hydroxylation is 1. The maximum absolute atomic E-state index is 12.5. The highest BCUT2D eigenvalue weighted by molar-refractivity contribution is 7.92. The van der Waals surface area contributed by atoms with Gasteiger partial charge in [0.15, 0.2) is 0 Å². The smallest absolute Gasteiger partial charge is 0.261 e. The third-order valence-electron chi connectivity index (χ3n) is 4.45. The summed E-state index contributed by atoms with van der Waals surface area (Å²) in [5.41, 5.74) is 2.02. The minimum Gasteiger partial charge on any atom is -0.325 e. The van der Waals surface area contributed by atoms with Crippen LogP contribution in [-0.4, -0.2) is 35.5 Å². The molecule has 0 saturated carbocycles. The van der Waals surface area contributed by atoms with E-state index in [1.165, 1.54) is 24.3 Å². The largest absolute Gasteiger partial charge is 0.325 e. The Kier molecular flexibility index (Phi) is 6.85.